The Hall–Kier alpha value is -3.01. The molecule has 0 aromatic carbocycles. The Kier molecular flexibility index (Phi) is 5.82. The Morgan fingerprint density at radius 3 is 2.49 bits per heavy atom. The molecule has 184 valence electrons. The maximum absolute atomic E-state index is 13.3. The van der Waals surface area contributed by atoms with Crippen LogP contribution in [0.3, 0.4) is 0 Å². The molecule has 0 bridgehead atoms. The van der Waals surface area contributed by atoms with Gasteiger partial charge in [-0.3, -0.25) is 4.79 Å². The molecule has 10 nitrogen and oxygen atoms in total. The first-order chi connectivity index (χ1) is 16.6. The first kappa shape index (κ1) is 23.7. The molecular formula is C23H27N7O3S2. The lowest BCUT2D eigenvalue weighted by atomic mass is 10.1. The number of sulfonamides is 1. The summed E-state index contributed by atoms with van der Waals surface area (Å²) >= 11 is 1.51. The molecule has 0 radical (unpaired) electrons. The second-order valence-electron chi connectivity index (χ2n) is 9.41. The minimum absolute atomic E-state index is 0.0702. The second kappa shape index (κ2) is 8.58. The summed E-state index contributed by atoms with van der Waals surface area (Å²) in [6, 6.07) is 5.31. The Bertz CT molecular complexity index is 1440. The molecule has 12 heteroatoms. The lowest BCUT2D eigenvalue weighted by Gasteiger charge is -2.37. The van der Waals surface area contributed by atoms with Crippen LogP contribution < -0.4 is 9.62 Å². The number of carbonyl (C=O) groups excluding carboxylic acids is 1. The summed E-state index contributed by atoms with van der Waals surface area (Å²) in [5, 5.41) is 14.9. The molecule has 1 aliphatic carbocycles. The van der Waals surface area contributed by atoms with E-state index in [2.05, 4.69) is 25.8 Å². The molecule has 1 saturated carbocycles. The lowest BCUT2D eigenvalue weighted by Crippen LogP contribution is -2.50. The van der Waals surface area contributed by atoms with E-state index in [1.807, 2.05) is 25.7 Å². The number of anilines is 1. The maximum Gasteiger partial charge on any atom is 0.242 e. The molecule has 35 heavy (non-hydrogen) atoms. The molecule has 1 N–H and O–H groups in total. The van der Waals surface area contributed by atoms with Gasteiger partial charge in [-0.1, -0.05) is 13.8 Å². The summed E-state index contributed by atoms with van der Waals surface area (Å²) in [5.74, 6) is 0.677. The van der Waals surface area contributed by atoms with Crippen LogP contribution in [-0.4, -0.2) is 65.5 Å². The van der Waals surface area contributed by atoms with Crippen molar-refractivity contribution in [3.8, 4) is 16.5 Å². The third-order valence-electron chi connectivity index (χ3n) is 6.47. The van der Waals surface area contributed by atoms with Gasteiger partial charge in [0.2, 0.25) is 15.9 Å². The highest BCUT2D eigenvalue weighted by atomic mass is 32.2. The molecule has 1 amide bonds. The number of carbonyl (C=O) groups is 1. The normalized spacial score (nSPS) is 17.7. The minimum Gasteiger partial charge on any atom is -0.353 e. The van der Waals surface area contributed by atoms with Crippen LogP contribution in [0.1, 0.15) is 31.7 Å². The third-order valence-corrected chi connectivity index (χ3v) is 8.94. The standard InChI is InChI=1S/C23H27N7O3S2/c1-15(2)22(31)29-8-6-28(7-9-29)21-11-17(35(32,33)27-23(14-24)4-5-23)10-19-18(12-26-30(19)21)20-13-25-16(3)34-20/h10-13,15,27H,4-9H2,1-3H3. The lowest BCUT2D eigenvalue weighted by molar-refractivity contribution is -0.134. The van der Waals surface area contributed by atoms with Gasteiger partial charge < -0.3 is 9.80 Å². The number of aryl methyl sites for hydroxylation is 1. The fourth-order valence-corrected chi connectivity index (χ4v) is 6.50. The third kappa shape index (κ3) is 4.39. The molecule has 0 spiro atoms. The number of pyridine rings is 1. The van der Waals surface area contributed by atoms with E-state index in [1.54, 1.807) is 29.0 Å². The van der Waals surface area contributed by atoms with Crippen LogP contribution in [0.5, 0.6) is 0 Å². The Labute approximate surface area is 208 Å². The van der Waals surface area contributed by atoms with E-state index in [-0.39, 0.29) is 16.7 Å². The van der Waals surface area contributed by atoms with Crippen LogP contribution in [-0.2, 0) is 14.8 Å². The summed E-state index contributed by atoms with van der Waals surface area (Å²) in [5.41, 5.74) is 0.421. The first-order valence-corrected chi connectivity index (χ1v) is 13.9. The van der Waals surface area contributed by atoms with Crippen LogP contribution >= 0.6 is 11.3 Å². The van der Waals surface area contributed by atoms with Crippen molar-refractivity contribution in [2.75, 3.05) is 31.1 Å². The Balaban J connectivity index is 1.57. The van der Waals surface area contributed by atoms with Gasteiger partial charge in [-0.05, 0) is 25.8 Å². The summed E-state index contributed by atoms with van der Waals surface area (Å²) in [6.45, 7) is 7.91. The average Bonchev–Trinajstić information content (AvgIpc) is 3.25. The van der Waals surface area contributed by atoms with Gasteiger partial charge in [0.05, 0.1) is 32.6 Å². The molecule has 1 saturated heterocycles. The van der Waals surface area contributed by atoms with Gasteiger partial charge in [0.15, 0.2) is 0 Å². The number of amides is 1. The van der Waals surface area contributed by atoms with Crippen molar-refractivity contribution >= 4 is 38.6 Å². The molecule has 0 atom stereocenters. The fraction of sp³-hybridized carbons (Fsp3) is 0.478. The SMILES string of the molecule is Cc1ncc(-c2cnn3c(N4CCN(C(=O)C(C)C)CC4)cc(S(=O)(=O)NC4(C#N)CC4)cc23)s1. The van der Waals surface area contributed by atoms with Crippen LogP contribution in [0.4, 0.5) is 5.82 Å². The number of thiazole rings is 1. The number of nitrogens with zero attached hydrogens (tertiary/aromatic N) is 6. The number of hydrogen-bond donors (Lipinski definition) is 1. The number of aromatic nitrogens is 3. The van der Waals surface area contributed by atoms with Gasteiger partial charge in [-0.25, -0.2) is 17.9 Å². The number of rotatable bonds is 6. The molecule has 1 aliphatic heterocycles. The van der Waals surface area contributed by atoms with E-state index in [4.69, 9.17) is 0 Å². The van der Waals surface area contributed by atoms with Gasteiger partial charge in [-0.2, -0.15) is 15.1 Å². The quantitative estimate of drug-likeness (QED) is 0.537. The predicted molar refractivity (Wildman–Crippen MR) is 133 cm³/mol. The van der Waals surface area contributed by atoms with E-state index >= 15 is 0 Å². The zero-order valence-electron chi connectivity index (χ0n) is 19.9. The smallest absolute Gasteiger partial charge is 0.242 e. The van der Waals surface area contributed by atoms with Gasteiger partial charge in [0.1, 0.15) is 11.4 Å². The molecule has 5 rings (SSSR count). The number of hydrogen-bond acceptors (Lipinski definition) is 8. The number of fused-ring (bicyclic) bond motifs is 1. The molecule has 0 unspecified atom stereocenters. The summed E-state index contributed by atoms with van der Waals surface area (Å²) in [7, 11) is -3.94. The molecule has 3 aromatic rings. The summed E-state index contributed by atoms with van der Waals surface area (Å²) in [4.78, 5) is 21.7. The van der Waals surface area contributed by atoms with Gasteiger partial charge >= 0.3 is 0 Å². The number of nitriles is 1. The van der Waals surface area contributed by atoms with Gasteiger partial charge in [0.25, 0.3) is 0 Å². The maximum atomic E-state index is 13.3. The van der Waals surface area contributed by atoms with Crippen molar-refractivity contribution in [3.05, 3.63) is 29.5 Å². The van der Waals surface area contributed by atoms with E-state index < -0.39 is 15.6 Å². The zero-order valence-corrected chi connectivity index (χ0v) is 21.5. The van der Waals surface area contributed by atoms with Crippen molar-refractivity contribution in [2.45, 2.75) is 44.0 Å². The monoisotopic (exact) mass is 513 g/mol. The topological polar surface area (TPSA) is 124 Å². The highest BCUT2D eigenvalue weighted by Gasteiger charge is 2.47. The van der Waals surface area contributed by atoms with Crippen LogP contribution in [0, 0.1) is 24.2 Å². The zero-order chi connectivity index (χ0) is 25.0. The number of nitrogens with one attached hydrogen (secondary N) is 1. The molecule has 2 aliphatic rings. The molecule has 2 fully saturated rings. The number of piperazine rings is 1. The van der Waals surface area contributed by atoms with Crippen LogP contribution in [0.25, 0.3) is 16.0 Å². The van der Waals surface area contributed by atoms with Crippen LogP contribution in [0.2, 0.25) is 0 Å². The molecule has 3 aromatic heterocycles. The van der Waals surface area contributed by atoms with Crippen molar-refractivity contribution in [1.82, 2.24) is 24.2 Å². The summed E-state index contributed by atoms with van der Waals surface area (Å²) < 4.78 is 31.0. The molecule has 4 heterocycles. The van der Waals surface area contributed by atoms with E-state index in [0.29, 0.717) is 50.4 Å². The van der Waals surface area contributed by atoms with E-state index in [0.717, 1.165) is 15.4 Å². The minimum atomic E-state index is -3.94. The fourth-order valence-electron chi connectivity index (χ4n) is 4.30. The predicted octanol–water partition coefficient (Wildman–Crippen LogP) is 2.41. The van der Waals surface area contributed by atoms with E-state index in [1.165, 1.54) is 11.3 Å². The largest absolute Gasteiger partial charge is 0.353 e. The van der Waals surface area contributed by atoms with Gasteiger partial charge in [0, 0.05) is 49.9 Å². The van der Waals surface area contributed by atoms with Gasteiger partial charge in [-0.15, -0.1) is 11.3 Å². The Morgan fingerprint density at radius 1 is 1.20 bits per heavy atom. The second-order valence-corrected chi connectivity index (χ2v) is 12.3. The van der Waals surface area contributed by atoms with E-state index in [9.17, 15) is 18.5 Å². The Morgan fingerprint density at radius 2 is 1.91 bits per heavy atom. The average molecular weight is 514 g/mol. The van der Waals surface area contributed by atoms with Crippen molar-refractivity contribution in [3.63, 3.8) is 0 Å². The highest BCUT2D eigenvalue weighted by Crippen LogP contribution is 2.38. The summed E-state index contributed by atoms with van der Waals surface area (Å²) in [6.07, 6.45) is 4.50. The highest BCUT2D eigenvalue weighted by molar-refractivity contribution is 7.89. The van der Waals surface area contributed by atoms with Crippen molar-refractivity contribution in [2.24, 2.45) is 5.92 Å². The first-order valence-electron chi connectivity index (χ1n) is 11.6. The molecular weight excluding hydrogens is 486 g/mol. The van der Waals surface area contributed by atoms with Crippen molar-refractivity contribution < 1.29 is 13.2 Å². The van der Waals surface area contributed by atoms with Crippen molar-refractivity contribution in [1.29, 1.82) is 5.26 Å². The van der Waals surface area contributed by atoms with Crippen LogP contribution in [0.15, 0.2) is 29.4 Å².